The zero-order valence-corrected chi connectivity index (χ0v) is 14.1. The lowest BCUT2D eigenvalue weighted by atomic mass is 10.2. The minimum Gasteiger partial charge on any atom is -0.326 e. The van der Waals surface area contributed by atoms with Crippen LogP contribution < -0.4 is 10.0 Å². The minimum atomic E-state index is -0.184. The molecule has 0 unspecified atom stereocenters. The fraction of sp³-hybridized carbons (Fsp3) is 0. The van der Waals surface area contributed by atoms with E-state index >= 15 is 0 Å². The monoisotopic (exact) mass is 355 g/mol. The average Bonchev–Trinajstić information content (AvgIpc) is 2.62. The summed E-state index contributed by atoms with van der Waals surface area (Å²) in [5, 5.41) is 3.57. The van der Waals surface area contributed by atoms with Crippen LogP contribution in [0.25, 0.3) is 0 Å². The third-order valence-electron chi connectivity index (χ3n) is 3.15. The number of hydrogen-bond donors (Lipinski definition) is 2. The van der Waals surface area contributed by atoms with E-state index in [2.05, 4.69) is 15.0 Å². The van der Waals surface area contributed by atoms with Crippen LogP contribution in [0.1, 0.15) is 10.4 Å². The number of halogens is 1. The van der Waals surface area contributed by atoms with E-state index in [-0.39, 0.29) is 5.91 Å². The molecule has 0 atom stereocenters. The molecule has 6 heteroatoms. The van der Waals surface area contributed by atoms with E-state index in [0.717, 1.165) is 16.3 Å². The van der Waals surface area contributed by atoms with Gasteiger partial charge in [0.25, 0.3) is 5.91 Å². The van der Waals surface area contributed by atoms with Crippen molar-refractivity contribution >= 4 is 40.8 Å². The lowest BCUT2D eigenvalue weighted by Crippen LogP contribution is -2.11. The predicted molar refractivity (Wildman–Crippen MR) is 99.6 cm³/mol. The summed E-state index contributed by atoms with van der Waals surface area (Å²) in [6.07, 6.45) is 3.17. The summed E-state index contributed by atoms with van der Waals surface area (Å²) in [5.74, 6) is -0.184. The van der Waals surface area contributed by atoms with Crippen molar-refractivity contribution in [1.82, 2.24) is 4.98 Å². The number of rotatable bonds is 5. The summed E-state index contributed by atoms with van der Waals surface area (Å²) in [7, 11) is 0. The number of carbonyl (C=O) groups excluding carboxylic acids is 1. The van der Waals surface area contributed by atoms with Gasteiger partial charge in [-0.2, -0.15) is 0 Å². The number of benzene rings is 2. The summed E-state index contributed by atoms with van der Waals surface area (Å²) < 4.78 is 3.24. The molecular weight excluding hydrogens is 342 g/mol. The van der Waals surface area contributed by atoms with Gasteiger partial charge in [0.2, 0.25) is 0 Å². The molecular formula is C18H14ClN3OS. The van der Waals surface area contributed by atoms with Crippen molar-refractivity contribution in [1.29, 1.82) is 0 Å². The Morgan fingerprint density at radius 3 is 2.58 bits per heavy atom. The van der Waals surface area contributed by atoms with Gasteiger partial charge in [0.1, 0.15) is 0 Å². The van der Waals surface area contributed by atoms with Crippen molar-refractivity contribution in [2.24, 2.45) is 0 Å². The van der Waals surface area contributed by atoms with Crippen LogP contribution in [0, 0.1) is 0 Å². The molecule has 1 amide bonds. The van der Waals surface area contributed by atoms with Gasteiger partial charge in [-0.3, -0.25) is 9.78 Å². The summed E-state index contributed by atoms with van der Waals surface area (Å²) in [5.41, 5.74) is 2.20. The normalized spacial score (nSPS) is 10.2. The van der Waals surface area contributed by atoms with E-state index in [1.165, 1.54) is 18.1 Å². The van der Waals surface area contributed by atoms with E-state index in [4.69, 9.17) is 11.6 Å². The van der Waals surface area contributed by atoms with Crippen molar-refractivity contribution < 1.29 is 4.79 Å². The van der Waals surface area contributed by atoms with Gasteiger partial charge in [-0.15, -0.1) is 0 Å². The molecule has 0 aliphatic carbocycles. The smallest absolute Gasteiger partial charge is 0.257 e. The number of aromatic nitrogens is 1. The lowest BCUT2D eigenvalue weighted by molar-refractivity contribution is 0.102. The summed E-state index contributed by atoms with van der Waals surface area (Å²) in [6, 6.07) is 18.5. The van der Waals surface area contributed by atoms with Gasteiger partial charge < -0.3 is 10.0 Å². The lowest BCUT2D eigenvalue weighted by Gasteiger charge is -2.08. The van der Waals surface area contributed by atoms with Crippen molar-refractivity contribution in [3.63, 3.8) is 0 Å². The molecule has 2 N–H and O–H groups in total. The second-order valence-electron chi connectivity index (χ2n) is 4.93. The molecule has 0 spiro atoms. The van der Waals surface area contributed by atoms with E-state index in [0.29, 0.717) is 10.6 Å². The Morgan fingerprint density at radius 1 is 1.00 bits per heavy atom. The fourth-order valence-corrected chi connectivity index (χ4v) is 2.80. The first-order chi connectivity index (χ1) is 11.7. The Kier molecular flexibility index (Phi) is 5.36. The highest BCUT2D eigenvalue weighted by molar-refractivity contribution is 8.00. The number of amides is 1. The summed E-state index contributed by atoms with van der Waals surface area (Å²) in [6.45, 7) is 0. The number of pyridine rings is 1. The number of nitrogens with one attached hydrogen (secondary N) is 2. The molecule has 0 bridgehead atoms. The topological polar surface area (TPSA) is 54.0 Å². The second-order valence-corrected chi connectivity index (χ2v) is 6.25. The fourth-order valence-electron chi connectivity index (χ4n) is 1.97. The largest absolute Gasteiger partial charge is 0.326 e. The second kappa shape index (κ2) is 7.86. The summed E-state index contributed by atoms with van der Waals surface area (Å²) >= 11 is 7.33. The molecule has 0 aliphatic rings. The average molecular weight is 356 g/mol. The third-order valence-corrected chi connectivity index (χ3v) is 4.23. The number of anilines is 2. The van der Waals surface area contributed by atoms with Gasteiger partial charge in [-0.1, -0.05) is 17.7 Å². The SMILES string of the molecule is O=C(Nc1cccc(SNc2ccc(Cl)cc2)c1)c1cccnc1. The van der Waals surface area contributed by atoms with Crippen molar-refractivity contribution in [2.45, 2.75) is 4.90 Å². The first-order valence-electron chi connectivity index (χ1n) is 7.20. The van der Waals surface area contributed by atoms with Crippen LogP contribution >= 0.6 is 23.5 Å². The van der Waals surface area contributed by atoms with Gasteiger partial charge in [0.15, 0.2) is 0 Å². The zero-order valence-electron chi connectivity index (χ0n) is 12.6. The number of hydrogen-bond acceptors (Lipinski definition) is 4. The molecule has 4 nitrogen and oxygen atoms in total. The molecule has 120 valence electrons. The van der Waals surface area contributed by atoms with E-state index in [1.807, 2.05) is 48.5 Å². The van der Waals surface area contributed by atoms with Crippen molar-refractivity contribution in [3.8, 4) is 0 Å². The van der Waals surface area contributed by atoms with E-state index in [9.17, 15) is 4.79 Å². The molecule has 1 aromatic heterocycles. The Hall–Kier alpha value is -2.50. The maximum absolute atomic E-state index is 12.2. The number of nitrogens with zero attached hydrogens (tertiary/aromatic N) is 1. The van der Waals surface area contributed by atoms with Gasteiger partial charge in [-0.25, -0.2) is 0 Å². The molecule has 0 fully saturated rings. The zero-order chi connectivity index (χ0) is 16.8. The minimum absolute atomic E-state index is 0.184. The van der Waals surface area contributed by atoms with Crippen LogP contribution in [0.4, 0.5) is 11.4 Å². The van der Waals surface area contributed by atoms with Gasteiger partial charge >= 0.3 is 0 Å². The Bertz CT molecular complexity index is 825. The van der Waals surface area contributed by atoms with Crippen LogP contribution in [0.5, 0.6) is 0 Å². The number of carbonyl (C=O) groups is 1. The summed E-state index contributed by atoms with van der Waals surface area (Å²) in [4.78, 5) is 17.1. The quantitative estimate of drug-likeness (QED) is 0.625. The molecule has 0 saturated heterocycles. The molecule has 2 aromatic carbocycles. The maximum Gasteiger partial charge on any atom is 0.257 e. The molecule has 0 aliphatic heterocycles. The first kappa shape index (κ1) is 16.4. The van der Waals surface area contributed by atoms with E-state index < -0.39 is 0 Å². The molecule has 3 aromatic rings. The van der Waals surface area contributed by atoms with Gasteiger partial charge in [0.05, 0.1) is 5.56 Å². The predicted octanol–water partition coefficient (Wildman–Crippen LogP) is 5.11. The molecule has 1 heterocycles. The highest BCUT2D eigenvalue weighted by Crippen LogP contribution is 2.24. The van der Waals surface area contributed by atoms with Crippen LogP contribution in [-0.4, -0.2) is 10.9 Å². The molecule has 24 heavy (non-hydrogen) atoms. The van der Waals surface area contributed by atoms with Crippen LogP contribution in [0.3, 0.4) is 0 Å². The highest BCUT2D eigenvalue weighted by Gasteiger charge is 2.06. The van der Waals surface area contributed by atoms with Crippen LogP contribution in [-0.2, 0) is 0 Å². The first-order valence-corrected chi connectivity index (χ1v) is 8.40. The Labute approximate surface area is 149 Å². The maximum atomic E-state index is 12.2. The van der Waals surface area contributed by atoms with Gasteiger partial charge in [-0.05, 0) is 66.5 Å². The highest BCUT2D eigenvalue weighted by atomic mass is 35.5. The van der Waals surface area contributed by atoms with Crippen molar-refractivity contribution in [2.75, 3.05) is 10.0 Å². The standard InChI is InChI=1S/C18H14ClN3OS/c19-14-6-8-15(9-7-14)22-24-17-5-1-4-16(11-17)21-18(23)13-3-2-10-20-12-13/h1-12,22H,(H,21,23). The Morgan fingerprint density at radius 2 is 1.83 bits per heavy atom. The van der Waals surface area contributed by atoms with Crippen LogP contribution in [0.2, 0.25) is 5.02 Å². The molecule has 3 rings (SSSR count). The molecule has 0 saturated carbocycles. The van der Waals surface area contributed by atoms with Crippen LogP contribution in [0.15, 0.2) is 78.0 Å². The van der Waals surface area contributed by atoms with Crippen molar-refractivity contribution in [3.05, 3.63) is 83.6 Å². The van der Waals surface area contributed by atoms with Gasteiger partial charge in [0, 0.05) is 33.7 Å². The molecule has 0 radical (unpaired) electrons. The third kappa shape index (κ3) is 4.50. The Balaban J connectivity index is 1.63. The van der Waals surface area contributed by atoms with E-state index in [1.54, 1.807) is 18.3 Å².